The molecule has 0 bridgehead atoms. The zero-order chi connectivity index (χ0) is 27.8. The molecule has 0 saturated heterocycles. The van der Waals surface area contributed by atoms with E-state index in [0.717, 1.165) is 42.4 Å². The summed E-state index contributed by atoms with van der Waals surface area (Å²) in [6.07, 6.45) is 5.67. The van der Waals surface area contributed by atoms with Gasteiger partial charge in [-0.3, -0.25) is 9.59 Å². The second kappa shape index (κ2) is 13.9. The van der Waals surface area contributed by atoms with Crippen molar-refractivity contribution in [1.82, 2.24) is 10.2 Å². The molecule has 0 aliphatic heterocycles. The molecule has 206 valence electrons. The first-order valence-electron chi connectivity index (χ1n) is 13.6. The van der Waals surface area contributed by atoms with Gasteiger partial charge >= 0.3 is 0 Å². The third kappa shape index (κ3) is 8.48. The highest BCUT2D eigenvalue weighted by Crippen LogP contribution is 2.25. The van der Waals surface area contributed by atoms with E-state index in [1.165, 1.54) is 6.42 Å². The number of benzene rings is 3. The Labute approximate surface area is 241 Å². The highest BCUT2D eigenvalue weighted by molar-refractivity contribution is 6.35. The quantitative estimate of drug-likeness (QED) is 0.285. The largest absolute Gasteiger partial charge is 0.484 e. The topological polar surface area (TPSA) is 58.6 Å². The van der Waals surface area contributed by atoms with Crippen molar-refractivity contribution in [3.63, 3.8) is 0 Å². The number of aryl methyl sites for hydroxylation is 2. The molecule has 1 fully saturated rings. The van der Waals surface area contributed by atoms with Crippen LogP contribution in [0.5, 0.6) is 5.75 Å². The lowest BCUT2D eigenvalue weighted by Gasteiger charge is -2.33. The number of halogens is 2. The number of carbonyl (C=O) groups is 2. The lowest BCUT2D eigenvalue weighted by molar-refractivity contribution is -0.143. The summed E-state index contributed by atoms with van der Waals surface area (Å²) in [5.41, 5.74) is 3.79. The summed E-state index contributed by atoms with van der Waals surface area (Å²) >= 11 is 12.7. The Hall–Kier alpha value is -3.02. The molecule has 0 spiro atoms. The van der Waals surface area contributed by atoms with E-state index in [-0.39, 0.29) is 31.0 Å². The first-order chi connectivity index (χ1) is 18.8. The van der Waals surface area contributed by atoms with Crippen LogP contribution in [-0.2, 0) is 22.6 Å². The van der Waals surface area contributed by atoms with Gasteiger partial charge in [0.05, 0.1) is 0 Å². The predicted molar refractivity (Wildman–Crippen MR) is 157 cm³/mol. The SMILES string of the molecule is Cc1cc(C)cc(OCC(=O)N(Cc2ccc(Cl)cc2Cl)C(Cc2ccccc2)C(=O)NC2CCCCC2)c1. The maximum Gasteiger partial charge on any atom is 0.261 e. The summed E-state index contributed by atoms with van der Waals surface area (Å²) in [6, 6.07) is 20.2. The molecule has 1 atom stereocenters. The number of hydrogen-bond donors (Lipinski definition) is 1. The standard InChI is InChI=1S/C32H36Cl2N2O3/c1-22-15-23(2)17-28(16-22)39-21-31(37)36(20-25-13-14-26(33)19-29(25)34)30(18-24-9-5-3-6-10-24)32(38)35-27-11-7-4-8-12-27/h3,5-6,9-10,13-17,19,27,30H,4,7-8,11-12,18,20-21H2,1-2H3,(H,35,38). The van der Waals surface area contributed by atoms with Crippen LogP contribution < -0.4 is 10.1 Å². The van der Waals surface area contributed by atoms with E-state index in [1.807, 2.05) is 56.3 Å². The fourth-order valence-corrected chi connectivity index (χ4v) is 5.64. The van der Waals surface area contributed by atoms with E-state index in [2.05, 4.69) is 11.4 Å². The van der Waals surface area contributed by atoms with E-state index < -0.39 is 6.04 Å². The van der Waals surface area contributed by atoms with Gasteiger partial charge in [0.2, 0.25) is 5.91 Å². The molecule has 1 N–H and O–H groups in total. The van der Waals surface area contributed by atoms with Crippen LogP contribution >= 0.6 is 23.2 Å². The van der Waals surface area contributed by atoms with Gasteiger partial charge in [-0.25, -0.2) is 0 Å². The molecule has 2 amide bonds. The van der Waals surface area contributed by atoms with Gasteiger partial charge in [0.25, 0.3) is 5.91 Å². The van der Waals surface area contributed by atoms with Gasteiger partial charge in [-0.15, -0.1) is 0 Å². The Morgan fingerprint density at radius 1 is 0.949 bits per heavy atom. The van der Waals surface area contributed by atoms with Gasteiger partial charge in [-0.2, -0.15) is 0 Å². The van der Waals surface area contributed by atoms with Gasteiger partial charge in [0.15, 0.2) is 6.61 Å². The minimum atomic E-state index is -0.739. The molecule has 1 aliphatic rings. The number of carbonyl (C=O) groups excluding carboxylic acids is 2. The first kappa shape index (κ1) is 29.0. The lowest BCUT2D eigenvalue weighted by atomic mass is 9.94. The normalized spacial score (nSPS) is 14.5. The van der Waals surface area contributed by atoms with Gasteiger partial charge in [-0.1, -0.05) is 84.9 Å². The smallest absolute Gasteiger partial charge is 0.261 e. The number of ether oxygens (including phenoxy) is 1. The van der Waals surface area contributed by atoms with Crippen LogP contribution in [0.25, 0.3) is 0 Å². The van der Waals surface area contributed by atoms with Crippen molar-refractivity contribution < 1.29 is 14.3 Å². The summed E-state index contributed by atoms with van der Waals surface area (Å²) in [5.74, 6) is 0.173. The minimum Gasteiger partial charge on any atom is -0.484 e. The molecular formula is C32H36Cl2N2O3. The van der Waals surface area contributed by atoms with E-state index in [4.69, 9.17) is 27.9 Å². The summed E-state index contributed by atoms with van der Waals surface area (Å²) in [7, 11) is 0. The summed E-state index contributed by atoms with van der Waals surface area (Å²) in [5, 5.41) is 4.20. The second-order valence-electron chi connectivity index (χ2n) is 10.4. The van der Waals surface area contributed by atoms with Crippen LogP contribution in [0.1, 0.15) is 54.4 Å². The molecule has 1 unspecified atom stereocenters. The van der Waals surface area contributed by atoms with Crippen molar-refractivity contribution in [2.75, 3.05) is 6.61 Å². The maximum absolute atomic E-state index is 13.9. The van der Waals surface area contributed by atoms with E-state index in [1.54, 1.807) is 23.1 Å². The Kier molecular flexibility index (Phi) is 10.3. The molecule has 3 aromatic rings. The Morgan fingerprint density at radius 2 is 1.64 bits per heavy atom. The van der Waals surface area contributed by atoms with E-state index in [9.17, 15) is 9.59 Å². The lowest BCUT2D eigenvalue weighted by Crippen LogP contribution is -2.53. The van der Waals surface area contributed by atoms with Crippen molar-refractivity contribution in [2.24, 2.45) is 0 Å². The van der Waals surface area contributed by atoms with Crippen molar-refractivity contribution >= 4 is 35.0 Å². The first-order valence-corrected chi connectivity index (χ1v) is 14.3. The molecule has 1 saturated carbocycles. The third-order valence-corrected chi connectivity index (χ3v) is 7.72. The van der Waals surface area contributed by atoms with Crippen LogP contribution in [0.2, 0.25) is 10.0 Å². The van der Waals surface area contributed by atoms with Gasteiger partial charge in [0.1, 0.15) is 11.8 Å². The summed E-state index contributed by atoms with van der Waals surface area (Å²) in [4.78, 5) is 29.3. The zero-order valence-electron chi connectivity index (χ0n) is 22.6. The molecular weight excluding hydrogens is 531 g/mol. The maximum atomic E-state index is 13.9. The van der Waals surface area contributed by atoms with E-state index >= 15 is 0 Å². The molecule has 0 heterocycles. The number of nitrogens with one attached hydrogen (secondary N) is 1. The number of nitrogens with zero attached hydrogens (tertiary/aromatic N) is 1. The van der Waals surface area contributed by atoms with Crippen molar-refractivity contribution in [2.45, 2.75) is 71.0 Å². The molecule has 0 aromatic heterocycles. The summed E-state index contributed by atoms with van der Waals surface area (Å²) in [6.45, 7) is 3.93. The summed E-state index contributed by atoms with van der Waals surface area (Å²) < 4.78 is 5.95. The average Bonchev–Trinajstić information content (AvgIpc) is 2.91. The van der Waals surface area contributed by atoms with Crippen LogP contribution in [0.15, 0.2) is 66.7 Å². The molecule has 3 aromatic carbocycles. The van der Waals surface area contributed by atoms with Crippen LogP contribution in [0, 0.1) is 13.8 Å². The van der Waals surface area contributed by atoms with Crippen LogP contribution in [0.3, 0.4) is 0 Å². The molecule has 0 radical (unpaired) electrons. The van der Waals surface area contributed by atoms with Gasteiger partial charge in [0, 0.05) is 29.1 Å². The van der Waals surface area contributed by atoms with Crippen LogP contribution in [0.4, 0.5) is 0 Å². The van der Waals surface area contributed by atoms with Crippen molar-refractivity contribution in [3.8, 4) is 5.75 Å². The van der Waals surface area contributed by atoms with Crippen molar-refractivity contribution in [3.05, 3.63) is 99.0 Å². The number of amides is 2. The highest BCUT2D eigenvalue weighted by Gasteiger charge is 2.32. The zero-order valence-corrected chi connectivity index (χ0v) is 24.1. The predicted octanol–water partition coefficient (Wildman–Crippen LogP) is 7.08. The second-order valence-corrected chi connectivity index (χ2v) is 11.3. The van der Waals surface area contributed by atoms with Crippen molar-refractivity contribution in [1.29, 1.82) is 0 Å². The highest BCUT2D eigenvalue weighted by atomic mass is 35.5. The molecule has 5 nitrogen and oxygen atoms in total. The molecule has 1 aliphatic carbocycles. The Morgan fingerprint density at radius 3 is 2.31 bits per heavy atom. The van der Waals surface area contributed by atoms with E-state index in [0.29, 0.717) is 27.8 Å². The molecule has 4 rings (SSSR count). The molecule has 7 heteroatoms. The minimum absolute atomic E-state index is 0.118. The number of hydrogen-bond acceptors (Lipinski definition) is 3. The van der Waals surface area contributed by atoms with Gasteiger partial charge < -0.3 is 15.0 Å². The third-order valence-electron chi connectivity index (χ3n) is 7.14. The Bertz CT molecular complexity index is 1260. The fourth-order valence-electron chi connectivity index (χ4n) is 5.18. The Balaban J connectivity index is 1.64. The fraction of sp³-hybridized carbons (Fsp3) is 0.375. The van der Waals surface area contributed by atoms with Gasteiger partial charge in [-0.05, 0) is 73.2 Å². The average molecular weight is 568 g/mol. The monoisotopic (exact) mass is 566 g/mol. The number of rotatable bonds is 10. The van der Waals surface area contributed by atoms with Crippen LogP contribution in [-0.4, -0.2) is 35.4 Å². The molecule has 39 heavy (non-hydrogen) atoms.